The fourth-order valence-electron chi connectivity index (χ4n) is 3.26. The molecule has 2 aliphatic rings. The largest absolute Gasteiger partial charge is 0.288 e. The van der Waals surface area contributed by atoms with Crippen LogP contribution in [0, 0.1) is 6.92 Å². The molecule has 3 atom stereocenters. The second-order valence-corrected chi connectivity index (χ2v) is 6.83. The Kier molecular flexibility index (Phi) is 3.01. The van der Waals surface area contributed by atoms with Crippen LogP contribution >= 0.6 is 0 Å². The molecule has 0 N–H and O–H groups in total. The van der Waals surface area contributed by atoms with Crippen molar-refractivity contribution in [1.82, 2.24) is 14.5 Å². The Balaban J connectivity index is 0.00000121. The standard InChI is InChI=1S/C13H13N3O2S.CH4/c1-7-5-11(17)16-9-3-2-4-10(9)19(18)13-14-6-8(7)12(16)15-13;/h5-6,9-10H,2-4H2,1H3;1H4. The zero-order valence-electron chi connectivity index (χ0n) is 10.5. The molecule has 2 aromatic heterocycles. The number of hydrogen-bond donors (Lipinski definition) is 0. The smallest absolute Gasteiger partial charge is 0.252 e. The van der Waals surface area contributed by atoms with Gasteiger partial charge in [-0.05, 0) is 25.3 Å². The van der Waals surface area contributed by atoms with Gasteiger partial charge in [-0.3, -0.25) is 13.6 Å². The van der Waals surface area contributed by atoms with Crippen LogP contribution in [0.15, 0.2) is 22.2 Å². The molecule has 5 nitrogen and oxygen atoms in total. The zero-order chi connectivity index (χ0) is 13.1. The highest BCUT2D eigenvalue weighted by atomic mass is 32.2. The summed E-state index contributed by atoms with van der Waals surface area (Å²) in [6.45, 7) is 1.89. The van der Waals surface area contributed by atoms with Gasteiger partial charge in [0.2, 0.25) is 5.16 Å². The van der Waals surface area contributed by atoms with Crippen molar-refractivity contribution >= 4 is 21.8 Å². The third-order valence-electron chi connectivity index (χ3n) is 4.18. The summed E-state index contributed by atoms with van der Waals surface area (Å²) in [4.78, 5) is 20.9. The van der Waals surface area contributed by atoms with E-state index in [1.54, 1.807) is 16.8 Å². The zero-order valence-corrected chi connectivity index (χ0v) is 11.3. The van der Waals surface area contributed by atoms with Crippen LogP contribution in [0.1, 0.15) is 38.3 Å². The molecule has 1 saturated carbocycles. The van der Waals surface area contributed by atoms with Crippen molar-refractivity contribution in [2.24, 2.45) is 0 Å². The van der Waals surface area contributed by atoms with E-state index in [-0.39, 0.29) is 24.3 Å². The van der Waals surface area contributed by atoms with E-state index < -0.39 is 10.8 Å². The van der Waals surface area contributed by atoms with Crippen molar-refractivity contribution < 1.29 is 4.21 Å². The lowest BCUT2D eigenvalue weighted by Crippen LogP contribution is -2.30. The molecule has 0 radical (unpaired) electrons. The quantitative estimate of drug-likeness (QED) is 0.696. The molecule has 6 heteroatoms. The average Bonchev–Trinajstić information content (AvgIpc) is 2.83. The van der Waals surface area contributed by atoms with Crippen molar-refractivity contribution in [3.63, 3.8) is 0 Å². The molecule has 4 rings (SSSR count). The van der Waals surface area contributed by atoms with Crippen LogP contribution in [0.5, 0.6) is 0 Å². The van der Waals surface area contributed by atoms with Crippen LogP contribution < -0.4 is 5.56 Å². The fourth-order valence-corrected chi connectivity index (χ4v) is 4.79. The highest BCUT2D eigenvalue weighted by molar-refractivity contribution is 7.85. The maximum Gasteiger partial charge on any atom is 0.252 e. The van der Waals surface area contributed by atoms with Gasteiger partial charge in [-0.2, -0.15) is 0 Å². The van der Waals surface area contributed by atoms with E-state index in [1.165, 1.54) is 0 Å². The predicted octanol–water partition coefficient (Wildman–Crippen LogP) is 1.95. The third kappa shape index (κ3) is 1.60. The summed E-state index contributed by atoms with van der Waals surface area (Å²) < 4.78 is 14.2. The van der Waals surface area contributed by atoms with E-state index >= 15 is 0 Å². The van der Waals surface area contributed by atoms with Gasteiger partial charge < -0.3 is 0 Å². The van der Waals surface area contributed by atoms with Crippen LogP contribution in [0.25, 0.3) is 11.0 Å². The van der Waals surface area contributed by atoms with Crippen LogP contribution in [-0.4, -0.2) is 24.0 Å². The molecule has 106 valence electrons. The second-order valence-electron chi connectivity index (χ2n) is 5.26. The van der Waals surface area contributed by atoms with Crippen molar-refractivity contribution in [3.05, 3.63) is 28.2 Å². The number of pyridine rings is 1. The van der Waals surface area contributed by atoms with Gasteiger partial charge in [-0.1, -0.05) is 13.8 Å². The summed E-state index contributed by atoms with van der Waals surface area (Å²) >= 11 is 0. The Morgan fingerprint density at radius 1 is 1.40 bits per heavy atom. The molecule has 0 aromatic carbocycles. The summed E-state index contributed by atoms with van der Waals surface area (Å²) in [6, 6.07) is 1.64. The first-order valence-corrected chi connectivity index (χ1v) is 7.67. The minimum atomic E-state index is -1.20. The van der Waals surface area contributed by atoms with Crippen molar-refractivity contribution in [3.8, 4) is 0 Å². The maximum absolute atomic E-state index is 12.5. The van der Waals surface area contributed by atoms with E-state index in [2.05, 4.69) is 9.97 Å². The second kappa shape index (κ2) is 4.48. The first kappa shape index (κ1) is 13.4. The van der Waals surface area contributed by atoms with Gasteiger partial charge in [0.25, 0.3) is 5.56 Å². The molecule has 0 spiro atoms. The minimum absolute atomic E-state index is 0. The lowest BCUT2D eigenvalue weighted by molar-refractivity contribution is 0.520. The number of rotatable bonds is 0. The topological polar surface area (TPSA) is 64.8 Å². The highest BCUT2D eigenvalue weighted by Gasteiger charge is 2.38. The van der Waals surface area contributed by atoms with Crippen LogP contribution in [0.3, 0.4) is 0 Å². The monoisotopic (exact) mass is 291 g/mol. The molecular formula is C14H17N3O2S. The van der Waals surface area contributed by atoms with Gasteiger partial charge in [0.05, 0.1) is 22.1 Å². The SMILES string of the molecule is C.Cc1cc(=O)n2c3nc(ncc13)S(=O)C1CCCC12. The summed E-state index contributed by atoms with van der Waals surface area (Å²) in [5.41, 5.74) is 1.49. The first-order valence-electron chi connectivity index (χ1n) is 6.46. The molecule has 0 amide bonds. The van der Waals surface area contributed by atoms with E-state index in [9.17, 15) is 9.00 Å². The highest BCUT2D eigenvalue weighted by Crippen LogP contribution is 2.38. The van der Waals surface area contributed by atoms with Gasteiger partial charge in [0.1, 0.15) is 5.65 Å². The summed E-state index contributed by atoms with van der Waals surface area (Å²) in [6.07, 6.45) is 4.48. The average molecular weight is 291 g/mol. The van der Waals surface area contributed by atoms with Crippen LogP contribution in [0.4, 0.5) is 0 Å². The molecule has 3 heterocycles. The molecule has 2 aromatic rings. The first-order chi connectivity index (χ1) is 9.16. The number of nitrogens with zero attached hydrogens (tertiary/aromatic N) is 3. The van der Waals surface area contributed by atoms with Gasteiger partial charge in [-0.25, -0.2) is 9.97 Å². The molecule has 20 heavy (non-hydrogen) atoms. The van der Waals surface area contributed by atoms with Crippen LogP contribution in [-0.2, 0) is 10.8 Å². The van der Waals surface area contributed by atoms with Gasteiger partial charge in [0, 0.05) is 17.6 Å². The van der Waals surface area contributed by atoms with Crippen LogP contribution in [0.2, 0.25) is 0 Å². The summed E-state index contributed by atoms with van der Waals surface area (Å²) in [5.74, 6) is 0. The molecule has 2 bridgehead atoms. The molecule has 3 unspecified atom stereocenters. The minimum Gasteiger partial charge on any atom is -0.288 e. The Hall–Kier alpha value is -1.56. The molecule has 1 aliphatic heterocycles. The van der Waals surface area contributed by atoms with Crippen molar-refractivity contribution in [2.75, 3.05) is 0 Å². The van der Waals surface area contributed by atoms with E-state index in [4.69, 9.17) is 0 Å². The lowest BCUT2D eigenvalue weighted by atomic mass is 10.1. The van der Waals surface area contributed by atoms with Crippen molar-refractivity contribution in [1.29, 1.82) is 0 Å². The number of aromatic nitrogens is 3. The van der Waals surface area contributed by atoms with E-state index in [0.29, 0.717) is 10.8 Å². The van der Waals surface area contributed by atoms with Gasteiger partial charge >= 0.3 is 0 Å². The Morgan fingerprint density at radius 2 is 2.20 bits per heavy atom. The molecule has 0 saturated heterocycles. The number of hydrogen-bond acceptors (Lipinski definition) is 4. The number of fused-ring (bicyclic) bond motifs is 3. The predicted molar refractivity (Wildman–Crippen MR) is 78.4 cm³/mol. The van der Waals surface area contributed by atoms with Gasteiger partial charge in [-0.15, -0.1) is 0 Å². The third-order valence-corrected chi connectivity index (χ3v) is 5.84. The molecule has 1 fully saturated rings. The number of aryl methyl sites for hydroxylation is 1. The molecular weight excluding hydrogens is 274 g/mol. The fraction of sp³-hybridized carbons (Fsp3) is 0.500. The maximum atomic E-state index is 12.5. The van der Waals surface area contributed by atoms with E-state index in [1.807, 2.05) is 6.92 Å². The van der Waals surface area contributed by atoms with Gasteiger partial charge in [0.15, 0.2) is 0 Å². The molecule has 1 aliphatic carbocycles. The lowest BCUT2D eigenvalue weighted by Gasteiger charge is -2.18. The summed E-state index contributed by atoms with van der Waals surface area (Å²) in [7, 11) is -1.20. The Bertz CT molecular complexity index is 784. The van der Waals surface area contributed by atoms with E-state index in [0.717, 1.165) is 30.2 Å². The Labute approximate surface area is 119 Å². The summed E-state index contributed by atoms with van der Waals surface area (Å²) in [5, 5.41) is 1.23. The van der Waals surface area contributed by atoms with Crippen molar-refractivity contribution in [2.45, 2.75) is 50.1 Å². The Morgan fingerprint density at radius 3 is 3.00 bits per heavy atom. The normalized spacial score (nSPS) is 27.1.